The second kappa shape index (κ2) is 8.36. The van der Waals surface area contributed by atoms with E-state index in [0.717, 1.165) is 11.1 Å². The van der Waals surface area contributed by atoms with Crippen molar-refractivity contribution >= 4 is 46.4 Å². The third kappa shape index (κ3) is 4.74. The molecule has 0 radical (unpaired) electrons. The van der Waals surface area contributed by atoms with E-state index in [1.807, 2.05) is 0 Å². The summed E-state index contributed by atoms with van der Waals surface area (Å²) in [5, 5.41) is 2.14. The Labute approximate surface area is 170 Å². The third-order valence-corrected chi connectivity index (χ3v) is 4.91. The molecule has 7 heteroatoms. The van der Waals surface area contributed by atoms with Crippen LogP contribution in [0.3, 0.4) is 0 Å². The Morgan fingerprint density at radius 1 is 0.808 bits per heavy atom. The maximum atomic E-state index is 12.3. The molecule has 0 saturated carbocycles. The van der Waals surface area contributed by atoms with Gasteiger partial charge in [0.15, 0.2) is 0 Å². The fourth-order valence-electron chi connectivity index (χ4n) is 2.34. The van der Waals surface area contributed by atoms with E-state index in [1.165, 1.54) is 10.6 Å². The molecular formula is C19H13Cl4NO2. The second-order valence-electron chi connectivity index (χ2n) is 5.59. The standard InChI is InChI=1S/C19H13Cl4NO2/c20-14-3-1-12(17(22)7-14)10-24-6-5-16(9-19(24)25)26-11-13-2-4-15(21)8-18(13)23/h1-9H,10-11H2. The number of ether oxygens (including phenoxy) is 1. The molecule has 3 aromatic rings. The van der Waals surface area contributed by atoms with Gasteiger partial charge in [-0.15, -0.1) is 0 Å². The Bertz CT molecular complexity index is 1000. The van der Waals surface area contributed by atoms with Gasteiger partial charge in [0.05, 0.1) is 6.54 Å². The molecule has 0 spiro atoms. The highest BCUT2D eigenvalue weighted by molar-refractivity contribution is 6.35. The van der Waals surface area contributed by atoms with Gasteiger partial charge in [-0.05, 0) is 35.9 Å². The van der Waals surface area contributed by atoms with E-state index >= 15 is 0 Å². The van der Waals surface area contributed by atoms with E-state index in [1.54, 1.807) is 48.7 Å². The number of hydrogen-bond donors (Lipinski definition) is 0. The van der Waals surface area contributed by atoms with Crippen LogP contribution >= 0.6 is 46.4 Å². The van der Waals surface area contributed by atoms with Gasteiger partial charge in [-0.3, -0.25) is 4.79 Å². The van der Waals surface area contributed by atoms with Crippen LogP contribution in [0.1, 0.15) is 11.1 Å². The summed E-state index contributed by atoms with van der Waals surface area (Å²) >= 11 is 24.0. The van der Waals surface area contributed by atoms with Crippen LogP contribution in [0.15, 0.2) is 59.5 Å². The van der Waals surface area contributed by atoms with Gasteiger partial charge in [-0.2, -0.15) is 0 Å². The van der Waals surface area contributed by atoms with Gasteiger partial charge in [-0.25, -0.2) is 0 Å². The fraction of sp³-hybridized carbons (Fsp3) is 0.105. The lowest BCUT2D eigenvalue weighted by Crippen LogP contribution is -2.19. The Morgan fingerprint density at radius 3 is 2.00 bits per heavy atom. The molecule has 1 heterocycles. The Balaban J connectivity index is 1.72. The third-order valence-electron chi connectivity index (χ3n) is 3.73. The van der Waals surface area contributed by atoms with Crippen molar-refractivity contribution in [3.63, 3.8) is 0 Å². The maximum Gasteiger partial charge on any atom is 0.254 e. The first-order chi connectivity index (χ1) is 12.4. The van der Waals surface area contributed by atoms with Crippen molar-refractivity contribution in [1.29, 1.82) is 0 Å². The molecule has 0 aliphatic carbocycles. The van der Waals surface area contributed by atoms with Gasteiger partial charge in [0.2, 0.25) is 0 Å². The van der Waals surface area contributed by atoms with Crippen molar-refractivity contribution < 1.29 is 4.74 Å². The van der Waals surface area contributed by atoms with Crippen LogP contribution in [0.5, 0.6) is 5.75 Å². The maximum absolute atomic E-state index is 12.3. The molecule has 26 heavy (non-hydrogen) atoms. The molecule has 0 N–H and O–H groups in total. The fourth-order valence-corrected chi connectivity index (χ4v) is 3.27. The molecule has 0 fully saturated rings. The number of hydrogen-bond acceptors (Lipinski definition) is 2. The van der Waals surface area contributed by atoms with Crippen molar-refractivity contribution in [2.24, 2.45) is 0 Å². The monoisotopic (exact) mass is 427 g/mol. The Morgan fingerprint density at radius 2 is 1.42 bits per heavy atom. The minimum Gasteiger partial charge on any atom is -0.489 e. The predicted octanol–water partition coefficient (Wildman–Crippen LogP) is 6.09. The van der Waals surface area contributed by atoms with Crippen molar-refractivity contribution in [3.05, 3.63) is 96.3 Å². The van der Waals surface area contributed by atoms with Crippen molar-refractivity contribution in [3.8, 4) is 5.75 Å². The summed E-state index contributed by atoms with van der Waals surface area (Å²) in [5.74, 6) is 0.458. The first-order valence-corrected chi connectivity index (χ1v) is 9.15. The zero-order chi connectivity index (χ0) is 18.7. The quantitative estimate of drug-likeness (QED) is 0.492. The normalized spacial score (nSPS) is 10.8. The van der Waals surface area contributed by atoms with Crippen LogP contribution < -0.4 is 10.3 Å². The van der Waals surface area contributed by atoms with E-state index < -0.39 is 0 Å². The second-order valence-corrected chi connectivity index (χ2v) is 7.28. The smallest absolute Gasteiger partial charge is 0.254 e. The van der Waals surface area contributed by atoms with Crippen molar-refractivity contribution in [2.75, 3.05) is 0 Å². The largest absolute Gasteiger partial charge is 0.489 e. The zero-order valence-electron chi connectivity index (χ0n) is 13.4. The summed E-state index contributed by atoms with van der Waals surface area (Å²) < 4.78 is 7.19. The topological polar surface area (TPSA) is 31.2 Å². The molecule has 2 aromatic carbocycles. The molecule has 134 valence electrons. The van der Waals surface area contributed by atoms with E-state index in [2.05, 4.69) is 0 Å². The lowest BCUT2D eigenvalue weighted by molar-refractivity contribution is 0.305. The van der Waals surface area contributed by atoms with Crippen LogP contribution in [0.4, 0.5) is 0 Å². The summed E-state index contributed by atoms with van der Waals surface area (Å²) in [6.07, 6.45) is 1.66. The molecule has 3 nitrogen and oxygen atoms in total. The number of halogens is 4. The number of rotatable bonds is 5. The number of pyridine rings is 1. The highest BCUT2D eigenvalue weighted by atomic mass is 35.5. The first-order valence-electron chi connectivity index (χ1n) is 7.63. The van der Waals surface area contributed by atoms with Crippen LogP contribution in [0, 0.1) is 0 Å². The molecule has 0 aliphatic rings. The number of nitrogens with zero attached hydrogens (tertiary/aromatic N) is 1. The summed E-state index contributed by atoms with van der Waals surface area (Å²) in [7, 11) is 0. The van der Waals surface area contributed by atoms with Crippen LogP contribution in [0.2, 0.25) is 20.1 Å². The van der Waals surface area contributed by atoms with Crippen molar-refractivity contribution in [2.45, 2.75) is 13.2 Å². The average Bonchev–Trinajstić information content (AvgIpc) is 2.58. The average molecular weight is 429 g/mol. The first kappa shape index (κ1) is 19.1. The van der Waals surface area contributed by atoms with Crippen LogP contribution in [0.25, 0.3) is 0 Å². The van der Waals surface area contributed by atoms with E-state index in [0.29, 0.717) is 32.4 Å². The van der Waals surface area contributed by atoms with Gasteiger partial charge in [0.1, 0.15) is 12.4 Å². The number of aromatic nitrogens is 1. The molecule has 0 saturated heterocycles. The lowest BCUT2D eigenvalue weighted by Gasteiger charge is -2.11. The van der Waals surface area contributed by atoms with Crippen LogP contribution in [-0.2, 0) is 13.2 Å². The summed E-state index contributed by atoms with van der Waals surface area (Å²) in [4.78, 5) is 12.3. The molecule has 0 amide bonds. The van der Waals surface area contributed by atoms with Gasteiger partial charge < -0.3 is 9.30 Å². The van der Waals surface area contributed by atoms with Gasteiger partial charge in [0, 0.05) is 37.9 Å². The van der Waals surface area contributed by atoms with E-state index in [4.69, 9.17) is 51.1 Å². The predicted molar refractivity (Wildman–Crippen MR) is 107 cm³/mol. The summed E-state index contributed by atoms with van der Waals surface area (Å²) in [6.45, 7) is 0.584. The molecular weight excluding hydrogens is 416 g/mol. The minimum absolute atomic E-state index is 0.198. The zero-order valence-corrected chi connectivity index (χ0v) is 16.4. The minimum atomic E-state index is -0.198. The number of benzene rings is 2. The highest BCUT2D eigenvalue weighted by Gasteiger charge is 2.06. The SMILES string of the molecule is O=c1cc(OCc2ccc(Cl)cc2Cl)ccn1Cc1ccc(Cl)cc1Cl. The van der Waals surface area contributed by atoms with Gasteiger partial charge in [0.25, 0.3) is 5.56 Å². The van der Waals surface area contributed by atoms with Gasteiger partial charge >= 0.3 is 0 Å². The summed E-state index contributed by atoms with van der Waals surface area (Å²) in [5.41, 5.74) is 1.39. The van der Waals surface area contributed by atoms with Crippen LogP contribution in [-0.4, -0.2) is 4.57 Å². The molecule has 1 aromatic heterocycles. The lowest BCUT2D eigenvalue weighted by atomic mass is 10.2. The molecule has 0 aliphatic heterocycles. The summed E-state index contributed by atoms with van der Waals surface area (Å²) in [6, 6.07) is 13.5. The van der Waals surface area contributed by atoms with E-state index in [9.17, 15) is 4.79 Å². The van der Waals surface area contributed by atoms with Crippen molar-refractivity contribution in [1.82, 2.24) is 4.57 Å². The molecule has 3 rings (SSSR count). The highest BCUT2D eigenvalue weighted by Crippen LogP contribution is 2.23. The molecule has 0 bridgehead atoms. The van der Waals surface area contributed by atoms with E-state index in [-0.39, 0.29) is 12.2 Å². The molecule has 0 atom stereocenters. The Hall–Kier alpha value is -1.65. The van der Waals surface area contributed by atoms with Gasteiger partial charge in [-0.1, -0.05) is 58.5 Å². The Kier molecular flexibility index (Phi) is 6.15. The molecule has 0 unspecified atom stereocenters.